The maximum Gasteiger partial charge on any atom is 0.326 e. The van der Waals surface area contributed by atoms with Crippen molar-refractivity contribution in [2.24, 2.45) is 0 Å². The fraction of sp³-hybridized carbons (Fsp3) is 0.172. The highest BCUT2D eigenvalue weighted by Crippen LogP contribution is 2.28. The molecule has 0 saturated carbocycles. The molecule has 2 aromatic carbocycles. The predicted octanol–water partition coefficient (Wildman–Crippen LogP) is 5.33. The van der Waals surface area contributed by atoms with Gasteiger partial charge in [-0.3, -0.25) is 9.78 Å². The minimum absolute atomic E-state index is 0.319. The van der Waals surface area contributed by atoms with Gasteiger partial charge < -0.3 is 15.4 Å². The van der Waals surface area contributed by atoms with Gasteiger partial charge in [-0.1, -0.05) is 30.3 Å². The number of pyridine rings is 1. The van der Waals surface area contributed by atoms with E-state index >= 15 is 0 Å². The lowest BCUT2D eigenvalue weighted by Crippen LogP contribution is -2.41. The van der Waals surface area contributed by atoms with Crippen molar-refractivity contribution in [2.75, 3.05) is 12.0 Å². The van der Waals surface area contributed by atoms with E-state index < -0.39 is 17.9 Å². The summed E-state index contributed by atoms with van der Waals surface area (Å²) in [6.45, 7) is 0. The molecule has 0 aliphatic carbocycles. The fourth-order valence-electron chi connectivity index (χ4n) is 4.02. The molecule has 0 fully saturated rings. The number of thioether (sulfide) groups is 1. The highest BCUT2D eigenvalue weighted by atomic mass is 32.2. The summed E-state index contributed by atoms with van der Waals surface area (Å²) >= 11 is 1.52. The van der Waals surface area contributed by atoms with Crippen molar-refractivity contribution in [2.45, 2.75) is 18.9 Å². The summed E-state index contributed by atoms with van der Waals surface area (Å²) < 4.78 is 13.6. The second-order valence-electron chi connectivity index (χ2n) is 8.58. The molecular formula is C29H27FN4O3S. The minimum atomic E-state index is -1.07. The van der Waals surface area contributed by atoms with E-state index in [2.05, 4.69) is 20.3 Å². The molecule has 1 amide bonds. The molecule has 2 aromatic heterocycles. The molecule has 194 valence electrons. The maximum absolute atomic E-state index is 13.6. The van der Waals surface area contributed by atoms with Gasteiger partial charge in [-0.15, -0.1) is 0 Å². The molecule has 4 aromatic rings. The van der Waals surface area contributed by atoms with E-state index in [1.165, 1.54) is 23.9 Å². The molecule has 3 N–H and O–H groups in total. The number of nitrogens with zero attached hydrogens (tertiary/aromatic N) is 2. The zero-order valence-electron chi connectivity index (χ0n) is 20.7. The Kier molecular flexibility index (Phi) is 9.05. The van der Waals surface area contributed by atoms with Crippen LogP contribution in [-0.2, 0) is 11.2 Å². The molecule has 7 nitrogen and oxygen atoms in total. The highest BCUT2D eigenvalue weighted by Gasteiger charge is 2.22. The molecule has 0 bridgehead atoms. The van der Waals surface area contributed by atoms with Crippen LogP contribution in [0, 0.1) is 5.82 Å². The van der Waals surface area contributed by atoms with E-state index in [0.717, 1.165) is 28.1 Å². The Morgan fingerprint density at radius 3 is 2.63 bits per heavy atom. The molecule has 38 heavy (non-hydrogen) atoms. The summed E-state index contributed by atoms with van der Waals surface area (Å²) in [4.78, 5) is 36.6. The van der Waals surface area contributed by atoms with Gasteiger partial charge in [0.15, 0.2) is 0 Å². The molecule has 2 heterocycles. The number of carbonyl (C=O) groups excluding carboxylic acids is 1. The number of aromatic nitrogens is 3. The molecule has 0 radical (unpaired) electrons. The van der Waals surface area contributed by atoms with Crippen molar-refractivity contribution >= 4 is 35.3 Å². The van der Waals surface area contributed by atoms with Gasteiger partial charge in [-0.25, -0.2) is 14.2 Å². The van der Waals surface area contributed by atoms with Crippen molar-refractivity contribution in [1.82, 2.24) is 20.3 Å². The van der Waals surface area contributed by atoms with E-state index in [9.17, 15) is 19.1 Å². The Morgan fingerprint density at radius 1 is 1.16 bits per heavy atom. The lowest BCUT2D eigenvalue weighted by atomic mass is 9.94. The number of carboxylic acids is 1. The van der Waals surface area contributed by atoms with Crippen LogP contribution in [0.2, 0.25) is 0 Å². The number of hydrogen-bond acceptors (Lipinski definition) is 5. The third kappa shape index (κ3) is 6.95. The number of hydrogen-bond donors (Lipinski definition) is 3. The topological polar surface area (TPSA) is 108 Å². The van der Waals surface area contributed by atoms with Crippen molar-refractivity contribution < 1.29 is 19.1 Å². The van der Waals surface area contributed by atoms with Crippen LogP contribution in [0.3, 0.4) is 0 Å². The molecular weight excluding hydrogens is 503 g/mol. The predicted molar refractivity (Wildman–Crippen MR) is 148 cm³/mol. The number of allylic oxidation sites excluding steroid dienone is 1. The van der Waals surface area contributed by atoms with Crippen molar-refractivity contribution in [3.8, 4) is 11.1 Å². The average molecular weight is 531 g/mol. The monoisotopic (exact) mass is 530 g/mol. The molecule has 0 aliphatic rings. The summed E-state index contributed by atoms with van der Waals surface area (Å²) in [6, 6.07) is 14.3. The number of carboxylic acid groups (broad SMARTS) is 1. The number of H-pyrrole nitrogens is 1. The largest absolute Gasteiger partial charge is 0.480 e. The van der Waals surface area contributed by atoms with E-state index in [1.807, 2.05) is 24.5 Å². The maximum atomic E-state index is 13.6. The molecule has 4 rings (SSSR count). The number of benzene rings is 2. The Balaban J connectivity index is 1.74. The van der Waals surface area contributed by atoms with E-state index in [-0.39, 0.29) is 5.82 Å². The molecule has 0 spiro atoms. The number of aliphatic carboxylic acids is 1. The number of carbonyl (C=O) groups is 2. The van der Waals surface area contributed by atoms with Gasteiger partial charge in [0.05, 0.1) is 0 Å². The summed E-state index contributed by atoms with van der Waals surface area (Å²) in [5.74, 6) is -0.497. The quantitative estimate of drug-likeness (QED) is 0.226. The van der Waals surface area contributed by atoms with Crippen LogP contribution in [0.5, 0.6) is 0 Å². The Morgan fingerprint density at radius 2 is 1.97 bits per heavy atom. The van der Waals surface area contributed by atoms with Crippen molar-refractivity contribution in [3.05, 3.63) is 108 Å². The standard InChI is InChI=1S/C29H27FN4O3S/c1-38-14-10-26(29(36)37)34-28(35)24-9-4-19(16-25(24)21-3-2-11-31-18-21)15-22(17-27-32-12-13-33-27)20-5-7-23(30)8-6-20/h2-9,11-13,15-16,18,26H,10,14,17H2,1H3,(H,32,33)(H,34,35)(H,36,37)/t26-/m0/s1. The highest BCUT2D eigenvalue weighted by molar-refractivity contribution is 7.98. The van der Waals surface area contributed by atoms with Gasteiger partial charge in [0.1, 0.15) is 17.7 Å². The van der Waals surface area contributed by atoms with Gasteiger partial charge in [-0.05, 0) is 71.0 Å². The van der Waals surface area contributed by atoms with Crippen LogP contribution in [0.25, 0.3) is 22.8 Å². The van der Waals surface area contributed by atoms with Crippen LogP contribution in [0.15, 0.2) is 79.4 Å². The molecule has 9 heteroatoms. The van der Waals surface area contributed by atoms with Crippen LogP contribution in [-0.4, -0.2) is 50.0 Å². The SMILES string of the molecule is CSCC[C@H](NC(=O)c1ccc(C=C(Cc2ncc[nH]2)c2ccc(F)cc2)cc1-c1cccnc1)C(=O)O. The first-order valence-corrected chi connectivity index (χ1v) is 13.4. The number of nitrogens with one attached hydrogen (secondary N) is 2. The first-order chi connectivity index (χ1) is 18.4. The number of halogens is 1. The molecule has 0 aliphatic heterocycles. The van der Waals surface area contributed by atoms with Gasteiger partial charge in [0.25, 0.3) is 5.91 Å². The molecule has 0 unspecified atom stereocenters. The number of imidazole rings is 1. The van der Waals surface area contributed by atoms with Crippen LogP contribution >= 0.6 is 11.8 Å². The second-order valence-corrected chi connectivity index (χ2v) is 9.57. The van der Waals surface area contributed by atoms with Crippen LogP contribution in [0.1, 0.15) is 33.7 Å². The Bertz CT molecular complexity index is 1410. The number of aromatic amines is 1. The second kappa shape index (κ2) is 12.8. The smallest absolute Gasteiger partial charge is 0.326 e. The summed E-state index contributed by atoms with van der Waals surface area (Å²) in [5, 5.41) is 12.2. The third-order valence-corrected chi connectivity index (χ3v) is 6.59. The van der Waals surface area contributed by atoms with E-state index in [0.29, 0.717) is 29.7 Å². The van der Waals surface area contributed by atoms with Crippen molar-refractivity contribution in [1.29, 1.82) is 0 Å². The average Bonchev–Trinajstić information content (AvgIpc) is 3.44. The number of rotatable bonds is 11. The minimum Gasteiger partial charge on any atom is -0.480 e. The normalized spacial score (nSPS) is 12.2. The molecule has 0 saturated heterocycles. The summed E-state index contributed by atoms with van der Waals surface area (Å²) in [7, 11) is 0. The first-order valence-electron chi connectivity index (χ1n) is 12.0. The summed E-state index contributed by atoms with van der Waals surface area (Å²) in [5.41, 5.74) is 4.24. The first kappa shape index (κ1) is 26.8. The van der Waals surface area contributed by atoms with Gasteiger partial charge >= 0.3 is 5.97 Å². The number of amides is 1. The van der Waals surface area contributed by atoms with Gasteiger partial charge in [0, 0.05) is 42.3 Å². The third-order valence-electron chi connectivity index (χ3n) is 5.94. The van der Waals surface area contributed by atoms with E-state index in [1.54, 1.807) is 55.1 Å². The fourth-order valence-corrected chi connectivity index (χ4v) is 4.49. The van der Waals surface area contributed by atoms with E-state index in [4.69, 9.17) is 0 Å². The zero-order valence-corrected chi connectivity index (χ0v) is 21.5. The van der Waals surface area contributed by atoms with Gasteiger partial charge in [0.2, 0.25) is 0 Å². The van der Waals surface area contributed by atoms with Crippen LogP contribution in [0.4, 0.5) is 4.39 Å². The van der Waals surface area contributed by atoms with Crippen molar-refractivity contribution in [3.63, 3.8) is 0 Å². The van der Waals surface area contributed by atoms with Crippen LogP contribution < -0.4 is 5.32 Å². The Labute approximate surface area is 224 Å². The molecule has 1 atom stereocenters. The lowest BCUT2D eigenvalue weighted by molar-refractivity contribution is -0.139. The summed E-state index contributed by atoms with van der Waals surface area (Å²) in [6.07, 6.45) is 11.4. The Hall–Kier alpha value is -4.24. The zero-order chi connectivity index (χ0) is 26.9. The van der Waals surface area contributed by atoms with Gasteiger partial charge in [-0.2, -0.15) is 11.8 Å². The lowest BCUT2D eigenvalue weighted by Gasteiger charge is -2.16.